The van der Waals surface area contributed by atoms with E-state index in [0.29, 0.717) is 6.42 Å². The van der Waals surface area contributed by atoms with Crippen LogP contribution in [0.1, 0.15) is 55.5 Å². The van der Waals surface area contributed by atoms with E-state index in [0.717, 1.165) is 28.2 Å². The van der Waals surface area contributed by atoms with Gasteiger partial charge in [0.2, 0.25) is 0 Å². The van der Waals surface area contributed by atoms with E-state index in [2.05, 4.69) is 17.4 Å². The Labute approximate surface area is 161 Å². The highest BCUT2D eigenvalue weighted by Crippen LogP contribution is 2.39. The third-order valence-electron chi connectivity index (χ3n) is 4.94. The second-order valence-electron chi connectivity index (χ2n) is 8.20. The molecule has 0 bridgehead atoms. The van der Waals surface area contributed by atoms with Crippen molar-refractivity contribution in [2.24, 2.45) is 0 Å². The van der Waals surface area contributed by atoms with Gasteiger partial charge >= 0.3 is 0 Å². The number of ether oxygens (including phenoxy) is 2. The number of amides is 1. The molecule has 0 unspecified atom stereocenters. The van der Waals surface area contributed by atoms with E-state index in [1.165, 1.54) is 5.56 Å². The van der Waals surface area contributed by atoms with E-state index in [1.807, 2.05) is 58.9 Å². The van der Waals surface area contributed by atoms with Crippen LogP contribution in [0.3, 0.4) is 0 Å². The Morgan fingerprint density at radius 2 is 1.81 bits per heavy atom. The standard InChI is InChI=1S/C23H29NO3/c1-14-7-9-20(16(3)11-14)26-17(4)22(25)24-19-13-23(5,6)27-21-10-8-15(2)12-18(19)21/h7-12,17,19H,13H2,1-6H3,(H,24,25)/t17-,19+/m1/s1. The van der Waals surface area contributed by atoms with Crippen LogP contribution in [0.15, 0.2) is 36.4 Å². The van der Waals surface area contributed by atoms with Crippen molar-refractivity contribution in [3.8, 4) is 11.5 Å². The van der Waals surface area contributed by atoms with Crippen molar-refractivity contribution >= 4 is 5.91 Å². The summed E-state index contributed by atoms with van der Waals surface area (Å²) in [5.74, 6) is 1.46. The molecule has 4 heteroatoms. The zero-order valence-electron chi connectivity index (χ0n) is 17.1. The van der Waals surface area contributed by atoms with Crippen molar-refractivity contribution in [3.05, 3.63) is 58.7 Å². The van der Waals surface area contributed by atoms with Crippen molar-refractivity contribution < 1.29 is 14.3 Å². The fourth-order valence-electron chi connectivity index (χ4n) is 3.57. The molecular formula is C23H29NO3. The van der Waals surface area contributed by atoms with Gasteiger partial charge in [-0.3, -0.25) is 4.79 Å². The summed E-state index contributed by atoms with van der Waals surface area (Å²) < 4.78 is 12.0. The highest BCUT2D eigenvalue weighted by Gasteiger charge is 2.35. The number of fused-ring (bicyclic) bond motifs is 1. The van der Waals surface area contributed by atoms with Gasteiger partial charge in [-0.25, -0.2) is 0 Å². The summed E-state index contributed by atoms with van der Waals surface area (Å²) in [7, 11) is 0. The molecule has 0 saturated carbocycles. The van der Waals surface area contributed by atoms with Crippen LogP contribution < -0.4 is 14.8 Å². The second kappa shape index (κ2) is 7.26. The first-order valence-electron chi connectivity index (χ1n) is 9.48. The zero-order chi connectivity index (χ0) is 19.8. The lowest BCUT2D eigenvalue weighted by Gasteiger charge is -2.38. The molecule has 0 saturated heterocycles. The van der Waals surface area contributed by atoms with E-state index >= 15 is 0 Å². The third kappa shape index (κ3) is 4.44. The zero-order valence-corrected chi connectivity index (χ0v) is 17.1. The topological polar surface area (TPSA) is 47.6 Å². The van der Waals surface area contributed by atoms with Crippen LogP contribution in [0.2, 0.25) is 0 Å². The number of hydrogen-bond acceptors (Lipinski definition) is 3. The Morgan fingerprint density at radius 1 is 1.15 bits per heavy atom. The molecule has 2 aromatic rings. The molecule has 1 aliphatic heterocycles. The van der Waals surface area contributed by atoms with E-state index in [-0.39, 0.29) is 17.6 Å². The van der Waals surface area contributed by atoms with E-state index in [9.17, 15) is 4.79 Å². The van der Waals surface area contributed by atoms with Crippen molar-refractivity contribution in [1.29, 1.82) is 0 Å². The quantitative estimate of drug-likeness (QED) is 0.844. The second-order valence-corrected chi connectivity index (χ2v) is 8.20. The van der Waals surface area contributed by atoms with Crippen molar-refractivity contribution in [3.63, 3.8) is 0 Å². The average Bonchev–Trinajstić information content (AvgIpc) is 2.57. The predicted molar refractivity (Wildman–Crippen MR) is 107 cm³/mol. The number of nitrogens with one attached hydrogen (secondary N) is 1. The number of benzene rings is 2. The molecule has 0 aromatic heterocycles. The Bertz CT molecular complexity index is 857. The molecule has 0 aliphatic carbocycles. The van der Waals surface area contributed by atoms with Crippen LogP contribution in [-0.4, -0.2) is 17.6 Å². The van der Waals surface area contributed by atoms with Crippen LogP contribution in [0.5, 0.6) is 11.5 Å². The van der Waals surface area contributed by atoms with Gasteiger partial charge in [0.25, 0.3) is 5.91 Å². The SMILES string of the molecule is Cc1ccc(O[C@H](C)C(=O)N[C@H]2CC(C)(C)Oc3ccc(C)cc32)c(C)c1. The number of carbonyl (C=O) groups excluding carboxylic acids is 1. The Morgan fingerprint density at radius 3 is 2.52 bits per heavy atom. The molecule has 27 heavy (non-hydrogen) atoms. The van der Waals surface area contributed by atoms with E-state index < -0.39 is 6.10 Å². The maximum absolute atomic E-state index is 12.8. The lowest BCUT2D eigenvalue weighted by atomic mass is 9.89. The molecule has 2 aromatic carbocycles. The maximum atomic E-state index is 12.8. The van der Waals surface area contributed by atoms with E-state index in [1.54, 1.807) is 6.92 Å². The van der Waals surface area contributed by atoms with Crippen LogP contribution in [-0.2, 0) is 4.79 Å². The largest absolute Gasteiger partial charge is 0.487 e. The molecule has 0 fully saturated rings. The van der Waals surface area contributed by atoms with Gasteiger partial charge in [0.05, 0.1) is 6.04 Å². The molecule has 0 radical (unpaired) electrons. The lowest BCUT2D eigenvalue weighted by molar-refractivity contribution is -0.128. The van der Waals surface area contributed by atoms with Gasteiger partial charge in [-0.2, -0.15) is 0 Å². The van der Waals surface area contributed by atoms with Gasteiger partial charge in [-0.05, 0) is 59.2 Å². The van der Waals surface area contributed by atoms with Crippen molar-refractivity contribution in [2.75, 3.05) is 0 Å². The van der Waals surface area contributed by atoms with Gasteiger partial charge < -0.3 is 14.8 Å². The number of rotatable bonds is 4. The van der Waals surface area contributed by atoms with Gasteiger partial charge in [-0.15, -0.1) is 0 Å². The normalized spacial score (nSPS) is 18.8. The molecule has 1 amide bonds. The molecule has 0 spiro atoms. The number of aryl methyl sites for hydroxylation is 3. The molecule has 144 valence electrons. The Kier molecular flexibility index (Phi) is 5.18. The monoisotopic (exact) mass is 367 g/mol. The van der Waals surface area contributed by atoms with Gasteiger partial charge in [0, 0.05) is 12.0 Å². The Balaban J connectivity index is 1.76. The summed E-state index contributed by atoms with van der Waals surface area (Å²) in [6.07, 6.45) is 0.136. The average molecular weight is 367 g/mol. The summed E-state index contributed by atoms with van der Waals surface area (Å²) in [4.78, 5) is 12.8. The number of hydrogen-bond donors (Lipinski definition) is 1. The van der Waals surface area contributed by atoms with Gasteiger partial charge in [-0.1, -0.05) is 35.4 Å². The molecular weight excluding hydrogens is 338 g/mol. The smallest absolute Gasteiger partial charge is 0.261 e. The van der Waals surface area contributed by atoms with Crippen LogP contribution in [0.4, 0.5) is 0 Å². The van der Waals surface area contributed by atoms with E-state index in [4.69, 9.17) is 9.47 Å². The van der Waals surface area contributed by atoms with Crippen molar-refractivity contribution in [2.45, 2.75) is 65.7 Å². The summed E-state index contributed by atoms with van der Waals surface area (Å²) >= 11 is 0. The summed E-state index contributed by atoms with van der Waals surface area (Å²) in [5.41, 5.74) is 4.05. The molecule has 3 rings (SSSR count). The molecule has 4 nitrogen and oxygen atoms in total. The highest BCUT2D eigenvalue weighted by molar-refractivity contribution is 5.81. The van der Waals surface area contributed by atoms with Gasteiger partial charge in [0.1, 0.15) is 17.1 Å². The fraction of sp³-hybridized carbons (Fsp3) is 0.435. The minimum absolute atomic E-state index is 0.0960. The van der Waals surface area contributed by atoms with Crippen molar-refractivity contribution in [1.82, 2.24) is 5.32 Å². The molecule has 1 heterocycles. The predicted octanol–water partition coefficient (Wildman–Crippen LogP) is 4.80. The fourth-order valence-corrected chi connectivity index (χ4v) is 3.57. The first-order chi connectivity index (χ1) is 12.6. The minimum Gasteiger partial charge on any atom is -0.487 e. The highest BCUT2D eigenvalue weighted by atomic mass is 16.5. The summed E-state index contributed by atoms with van der Waals surface area (Å²) in [6.45, 7) is 12.0. The van der Waals surface area contributed by atoms with Crippen LogP contribution in [0.25, 0.3) is 0 Å². The first kappa shape index (κ1) is 19.3. The Hall–Kier alpha value is -2.49. The van der Waals surface area contributed by atoms with Crippen LogP contribution >= 0.6 is 0 Å². The minimum atomic E-state index is -0.578. The maximum Gasteiger partial charge on any atom is 0.261 e. The first-order valence-corrected chi connectivity index (χ1v) is 9.48. The van der Waals surface area contributed by atoms with Gasteiger partial charge in [0.15, 0.2) is 6.10 Å². The lowest BCUT2D eigenvalue weighted by Crippen LogP contribution is -2.44. The molecule has 1 aliphatic rings. The molecule has 1 N–H and O–H groups in total. The van der Waals surface area contributed by atoms with Crippen LogP contribution in [0, 0.1) is 20.8 Å². The third-order valence-corrected chi connectivity index (χ3v) is 4.94. The number of carbonyl (C=O) groups is 1. The summed E-state index contributed by atoms with van der Waals surface area (Å²) in [5, 5.41) is 3.16. The summed E-state index contributed by atoms with van der Waals surface area (Å²) in [6, 6.07) is 12.0. The molecule has 2 atom stereocenters.